The van der Waals surface area contributed by atoms with Crippen LogP contribution in [-0.4, -0.2) is 0 Å². The summed E-state index contributed by atoms with van der Waals surface area (Å²) in [5.74, 6) is 0. The summed E-state index contributed by atoms with van der Waals surface area (Å²) in [5.41, 5.74) is 11.0. The van der Waals surface area contributed by atoms with Gasteiger partial charge in [-0.15, -0.1) is 0 Å². The highest BCUT2D eigenvalue weighted by molar-refractivity contribution is 7.85. The van der Waals surface area contributed by atoms with Crippen LogP contribution in [0.4, 0.5) is 0 Å². The largest absolute Gasteiger partial charge is 0.456 e. The number of rotatable bonds is 3. The van der Waals surface area contributed by atoms with Gasteiger partial charge in [0, 0.05) is 26.7 Å². The van der Waals surface area contributed by atoms with Crippen molar-refractivity contribution in [2.75, 3.05) is 0 Å². The number of furan rings is 1. The lowest BCUT2D eigenvalue weighted by Crippen LogP contribution is -2.29. The highest BCUT2D eigenvalue weighted by Crippen LogP contribution is 2.64. The minimum Gasteiger partial charge on any atom is -0.456 e. The van der Waals surface area contributed by atoms with Gasteiger partial charge < -0.3 is 8.98 Å². The average Bonchev–Trinajstić information content (AvgIpc) is 3.75. The van der Waals surface area contributed by atoms with Gasteiger partial charge >= 0.3 is 0 Å². The quantitative estimate of drug-likeness (QED) is 0.188. The summed E-state index contributed by atoms with van der Waals surface area (Å²) in [5, 5.41) is 4.79. The Kier molecular flexibility index (Phi) is 5.23. The lowest BCUT2D eigenvalue weighted by molar-refractivity contribution is 0.592. The number of hydrogen-bond donors (Lipinski definition) is 0. The van der Waals surface area contributed by atoms with Gasteiger partial charge in [0.2, 0.25) is 0 Å². The van der Waals surface area contributed by atoms with E-state index in [0.29, 0.717) is 0 Å². The molecule has 3 heteroatoms. The summed E-state index contributed by atoms with van der Waals surface area (Å²) < 4.78 is 22.1. The van der Waals surface area contributed by atoms with E-state index in [1.807, 2.05) is 66.7 Å². The number of benzene rings is 7. The molecule has 1 spiro atoms. The van der Waals surface area contributed by atoms with Crippen LogP contribution in [0.15, 0.2) is 168 Å². The van der Waals surface area contributed by atoms with Crippen LogP contribution in [0, 0.1) is 0 Å². The molecule has 0 fully saturated rings. The van der Waals surface area contributed by atoms with Crippen LogP contribution in [0.2, 0.25) is 0 Å². The molecule has 0 saturated carbocycles. The second-order valence-electron chi connectivity index (χ2n) is 12.3. The van der Waals surface area contributed by atoms with Gasteiger partial charge in [-0.25, -0.2) is 0 Å². The molecule has 1 atom stereocenters. The zero-order chi connectivity index (χ0) is 30.5. The van der Waals surface area contributed by atoms with Gasteiger partial charge in [-0.1, -0.05) is 146 Å². The van der Waals surface area contributed by atoms with Crippen molar-refractivity contribution in [1.29, 1.82) is 0 Å². The zero-order valence-corrected chi connectivity index (χ0v) is 25.7. The molecule has 8 aromatic rings. The van der Waals surface area contributed by atoms with Gasteiger partial charge in [-0.2, -0.15) is 0 Å². The molecule has 46 heavy (non-hydrogen) atoms. The third kappa shape index (κ3) is 3.14. The highest BCUT2D eigenvalue weighted by atomic mass is 31.2. The Bertz CT molecular complexity index is 2520. The maximum absolute atomic E-state index is 15.7. The molecule has 0 N–H and O–H groups in total. The minimum absolute atomic E-state index is 0.571. The smallest absolute Gasteiger partial charge is 0.171 e. The molecule has 216 valence electrons. The Morgan fingerprint density at radius 1 is 0.435 bits per heavy atom. The fraction of sp³-hybridized carbons (Fsp3) is 0.0233. The first kappa shape index (κ1) is 25.9. The van der Waals surface area contributed by atoms with E-state index in [1.54, 1.807) is 0 Å². The van der Waals surface area contributed by atoms with E-state index in [0.717, 1.165) is 37.9 Å². The zero-order valence-electron chi connectivity index (χ0n) is 24.9. The molecule has 1 aromatic heterocycles. The van der Waals surface area contributed by atoms with E-state index < -0.39 is 12.6 Å². The van der Waals surface area contributed by atoms with Crippen LogP contribution >= 0.6 is 7.14 Å². The summed E-state index contributed by atoms with van der Waals surface area (Å²) in [6, 6.07) is 56.9. The third-order valence-electron chi connectivity index (χ3n) is 10.2. The highest BCUT2D eigenvalue weighted by Gasteiger charge is 2.52. The second-order valence-corrected chi connectivity index (χ2v) is 15.1. The van der Waals surface area contributed by atoms with E-state index in [2.05, 4.69) is 97.1 Å². The predicted molar refractivity (Wildman–Crippen MR) is 189 cm³/mol. The molecule has 2 nitrogen and oxygen atoms in total. The van der Waals surface area contributed by atoms with Crippen LogP contribution in [0.1, 0.15) is 22.3 Å². The lowest BCUT2D eigenvalue weighted by Gasteiger charge is -2.31. The Hall–Kier alpha value is -5.43. The van der Waals surface area contributed by atoms with Crippen molar-refractivity contribution >= 4 is 45.0 Å². The van der Waals surface area contributed by atoms with Crippen molar-refractivity contribution in [2.45, 2.75) is 5.41 Å². The van der Waals surface area contributed by atoms with Crippen LogP contribution in [0.5, 0.6) is 0 Å². The van der Waals surface area contributed by atoms with Crippen LogP contribution < -0.4 is 15.9 Å². The Morgan fingerprint density at radius 3 is 1.76 bits per heavy atom. The molecule has 2 aliphatic rings. The van der Waals surface area contributed by atoms with E-state index in [-0.39, 0.29) is 0 Å². The number of hydrogen-bond acceptors (Lipinski definition) is 2. The first-order chi connectivity index (χ1) is 22.7. The monoisotopic (exact) mass is 606 g/mol. The summed E-state index contributed by atoms with van der Waals surface area (Å²) in [4.78, 5) is 0. The molecule has 0 aliphatic heterocycles. The van der Waals surface area contributed by atoms with E-state index in [1.165, 1.54) is 44.5 Å². The molecule has 0 saturated heterocycles. The van der Waals surface area contributed by atoms with Gasteiger partial charge in [0.05, 0.1) is 5.41 Å². The summed E-state index contributed by atoms with van der Waals surface area (Å²) >= 11 is 0. The van der Waals surface area contributed by atoms with Crippen molar-refractivity contribution in [3.05, 3.63) is 186 Å². The van der Waals surface area contributed by atoms with Gasteiger partial charge in [0.15, 0.2) is 7.14 Å². The summed E-state index contributed by atoms with van der Waals surface area (Å²) in [6.45, 7) is 0. The molecule has 10 rings (SSSR count). The topological polar surface area (TPSA) is 30.2 Å². The Balaban J connectivity index is 1.35. The van der Waals surface area contributed by atoms with Gasteiger partial charge in [0.25, 0.3) is 0 Å². The molecule has 7 aromatic carbocycles. The van der Waals surface area contributed by atoms with Crippen molar-refractivity contribution < 1.29 is 8.98 Å². The second kappa shape index (κ2) is 9.30. The fourth-order valence-corrected chi connectivity index (χ4v) is 11.0. The third-order valence-corrected chi connectivity index (χ3v) is 13.2. The van der Waals surface area contributed by atoms with Crippen molar-refractivity contribution in [2.24, 2.45) is 0 Å². The Morgan fingerprint density at radius 2 is 1.02 bits per heavy atom. The molecular weight excluding hydrogens is 579 g/mol. The van der Waals surface area contributed by atoms with E-state index in [9.17, 15) is 0 Å². The summed E-state index contributed by atoms with van der Waals surface area (Å²) in [7, 11) is -3.21. The van der Waals surface area contributed by atoms with Gasteiger partial charge in [-0.3, -0.25) is 0 Å². The van der Waals surface area contributed by atoms with Crippen molar-refractivity contribution in [3.8, 4) is 22.3 Å². The van der Waals surface area contributed by atoms with Gasteiger partial charge in [-0.05, 0) is 62.7 Å². The lowest BCUT2D eigenvalue weighted by atomic mass is 9.70. The van der Waals surface area contributed by atoms with Crippen LogP contribution in [0.25, 0.3) is 44.2 Å². The van der Waals surface area contributed by atoms with E-state index >= 15 is 4.57 Å². The van der Waals surface area contributed by atoms with E-state index in [4.69, 9.17) is 4.42 Å². The fourth-order valence-electron chi connectivity index (χ4n) is 8.35. The normalized spacial score (nSPS) is 16.0. The predicted octanol–water partition coefficient (Wildman–Crippen LogP) is 9.57. The first-order valence-corrected chi connectivity index (χ1v) is 17.4. The standard InChI is InChI=1S/C43H27O2P/c44-46(28-13-3-1-4-14-28,29-15-5-2-6-16-29)30-23-24-32-31-17-7-10-20-35(31)43(38(32)27-30)36-21-11-8-18-33(36)41-37(43)25-26-40-42(41)34-19-9-12-22-39(34)45-40/h1-27H. The molecule has 0 amide bonds. The number of para-hydroxylation sites is 1. The van der Waals surface area contributed by atoms with Crippen molar-refractivity contribution in [1.82, 2.24) is 0 Å². The average molecular weight is 607 g/mol. The minimum atomic E-state index is -3.21. The maximum Gasteiger partial charge on any atom is 0.171 e. The molecular formula is C43H27O2P. The van der Waals surface area contributed by atoms with Gasteiger partial charge in [0.1, 0.15) is 11.2 Å². The number of fused-ring (bicyclic) bond motifs is 14. The SMILES string of the molecule is O=P(c1ccccc1)(c1ccccc1)c1ccc2c(c1)C1(c3ccccc3-2)c2ccccc2-c2c1ccc1oc3ccccc3c21. The maximum atomic E-state index is 15.7. The van der Waals surface area contributed by atoms with Crippen molar-refractivity contribution in [3.63, 3.8) is 0 Å². The molecule has 1 heterocycles. The first-order valence-electron chi connectivity index (χ1n) is 15.7. The molecule has 0 radical (unpaired) electrons. The summed E-state index contributed by atoms with van der Waals surface area (Å²) in [6.07, 6.45) is 0. The van der Waals surface area contributed by atoms with Crippen LogP contribution in [0.3, 0.4) is 0 Å². The van der Waals surface area contributed by atoms with Crippen LogP contribution in [-0.2, 0) is 9.98 Å². The molecule has 2 aliphatic carbocycles. The molecule has 1 unspecified atom stereocenters. The molecule has 0 bridgehead atoms. The Labute approximate surface area is 267 Å².